The van der Waals surface area contributed by atoms with Crippen molar-refractivity contribution in [3.8, 4) is 0 Å². The number of amides is 2. The third-order valence-corrected chi connectivity index (χ3v) is 5.58. The number of likely N-dealkylation sites (tertiary alicyclic amines) is 1. The van der Waals surface area contributed by atoms with Crippen LogP contribution in [0, 0.1) is 19.8 Å². The molecule has 156 valence electrons. The maximum atomic E-state index is 12.5. The third-order valence-electron chi connectivity index (χ3n) is 5.58. The molecular formula is C21H33ClN4O2. The average Bonchev–Trinajstić information content (AvgIpc) is 3.18. The number of hydrogen-bond acceptors (Lipinski definition) is 4. The number of carbonyl (C=O) groups excluding carboxylic acids is 2. The lowest BCUT2D eigenvalue weighted by Crippen LogP contribution is -2.46. The van der Waals surface area contributed by atoms with Crippen LogP contribution in [0.2, 0.25) is 0 Å². The molecule has 2 amide bonds. The quantitative estimate of drug-likeness (QED) is 0.675. The van der Waals surface area contributed by atoms with Crippen molar-refractivity contribution in [3.63, 3.8) is 0 Å². The Balaban J connectivity index is 0.00000280. The van der Waals surface area contributed by atoms with E-state index in [4.69, 9.17) is 0 Å². The van der Waals surface area contributed by atoms with Crippen LogP contribution < -0.4 is 16.0 Å². The Morgan fingerprint density at radius 1 is 1.21 bits per heavy atom. The van der Waals surface area contributed by atoms with E-state index in [0.29, 0.717) is 19.0 Å². The zero-order valence-corrected chi connectivity index (χ0v) is 17.7. The number of benzene rings is 1. The number of piperidine rings is 1. The third kappa shape index (κ3) is 6.47. The molecule has 2 unspecified atom stereocenters. The Morgan fingerprint density at radius 3 is 2.79 bits per heavy atom. The maximum absolute atomic E-state index is 12.5. The average molecular weight is 409 g/mol. The SMILES string of the molecule is Cc1ccc(C)c(NC(=O)CN2CCCC(CNC(=O)C3CCCN3)C2)c1.Cl. The Kier molecular flexibility index (Phi) is 8.73. The van der Waals surface area contributed by atoms with Gasteiger partial charge in [0.25, 0.3) is 0 Å². The number of rotatable bonds is 6. The first-order valence-electron chi connectivity index (χ1n) is 10.1. The van der Waals surface area contributed by atoms with Gasteiger partial charge >= 0.3 is 0 Å². The highest BCUT2D eigenvalue weighted by atomic mass is 35.5. The van der Waals surface area contributed by atoms with Gasteiger partial charge in [0.15, 0.2) is 0 Å². The highest BCUT2D eigenvalue weighted by Gasteiger charge is 2.25. The summed E-state index contributed by atoms with van der Waals surface area (Å²) in [6.45, 7) is 7.87. The van der Waals surface area contributed by atoms with Gasteiger partial charge in [-0.1, -0.05) is 12.1 Å². The summed E-state index contributed by atoms with van der Waals surface area (Å²) >= 11 is 0. The largest absolute Gasteiger partial charge is 0.354 e. The zero-order valence-electron chi connectivity index (χ0n) is 16.9. The fourth-order valence-corrected chi connectivity index (χ4v) is 4.00. The van der Waals surface area contributed by atoms with Crippen molar-refractivity contribution in [1.29, 1.82) is 0 Å². The predicted octanol–water partition coefficient (Wildman–Crippen LogP) is 2.24. The van der Waals surface area contributed by atoms with Gasteiger partial charge in [0.05, 0.1) is 12.6 Å². The van der Waals surface area contributed by atoms with Crippen molar-refractivity contribution in [2.24, 2.45) is 5.92 Å². The van der Waals surface area contributed by atoms with E-state index in [1.807, 2.05) is 26.0 Å². The van der Waals surface area contributed by atoms with Gasteiger partial charge in [-0.3, -0.25) is 14.5 Å². The van der Waals surface area contributed by atoms with E-state index in [-0.39, 0.29) is 30.3 Å². The summed E-state index contributed by atoms with van der Waals surface area (Å²) in [5.74, 6) is 0.568. The monoisotopic (exact) mass is 408 g/mol. The Hall–Kier alpha value is -1.63. The number of anilines is 1. The summed E-state index contributed by atoms with van der Waals surface area (Å²) < 4.78 is 0. The lowest BCUT2D eigenvalue weighted by atomic mass is 9.97. The lowest BCUT2D eigenvalue weighted by molar-refractivity contribution is -0.123. The van der Waals surface area contributed by atoms with E-state index >= 15 is 0 Å². The van der Waals surface area contributed by atoms with Gasteiger partial charge in [0.2, 0.25) is 11.8 Å². The van der Waals surface area contributed by atoms with Crippen molar-refractivity contribution in [2.75, 3.05) is 38.0 Å². The summed E-state index contributed by atoms with van der Waals surface area (Å²) in [5, 5.41) is 9.37. The minimum Gasteiger partial charge on any atom is -0.354 e. The molecule has 1 aromatic carbocycles. The Bertz CT molecular complexity index is 676. The molecule has 7 heteroatoms. The number of hydrogen-bond donors (Lipinski definition) is 3. The first-order valence-corrected chi connectivity index (χ1v) is 10.1. The van der Waals surface area contributed by atoms with Gasteiger partial charge in [0, 0.05) is 18.8 Å². The van der Waals surface area contributed by atoms with E-state index < -0.39 is 0 Å². The second kappa shape index (κ2) is 10.8. The van der Waals surface area contributed by atoms with Gasteiger partial charge in [-0.25, -0.2) is 0 Å². The summed E-state index contributed by atoms with van der Waals surface area (Å²) in [5.41, 5.74) is 3.11. The molecule has 1 aromatic rings. The van der Waals surface area contributed by atoms with Crippen LogP contribution in [-0.4, -0.2) is 55.5 Å². The number of halogens is 1. The molecule has 0 bridgehead atoms. The first-order chi connectivity index (χ1) is 13.0. The van der Waals surface area contributed by atoms with E-state index in [0.717, 1.165) is 62.1 Å². The molecule has 0 aromatic heterocycles. The van der Waals surface area contributed by atoms with Crippen LogP contribution in [0.3, 0.4) is 0 Å². The van der Waals surface area contributed by atoms with Crippen molar-refractivity contribution in [3.05, 3.63) is 29.3 Å². The topological polar surface area (TPSA) is 73.5 Å². The molecule has 2 atom stereocenters. The van der Waals surface area contributed by atoms with E-state index in [2.05, 4.69) is 26.9 Å². The molecule has 2 aliphatic rings. The highest BCUT2D eigenvalue weighted by Crippen LogP contribution is 2.18. The molecule has 0 radical (unpaired) electrons. The van der Waals surface area contributed by atoms with Gasteiger partial charge in [-0.2, -0.15) is 0 Å². The number of aryl methyl sites for hydroxylation is 2. The second-order valence-electron chi connectivity index (χ2n) is 8.00. The van der Waals surface area contributed by atoms with Crippen molar-refractivity contribution in [1.82, 2.24) is 15.5 Å². The van der Waals surface area contributed by atoms with Crippen LogP contribution in [0.15, 0.2) is 18.2 Å². The first kappa shape index (κ1) is 22.7. The Labute approximate surface area is 174 Å². The molecule has 6 nitrogen and oxygen atoms in total. The molecule has 2 heterocycles. The van der Waals surface area contributed by atoms with E-state index in [1.165, 1.54) is 0 Å². The van der Waals surface area contributed by atoms with Gasteiger partial charge < -0.3 is 16.0 Å². The van der Waals surface area contributed by atoms with Gasteiger partial charge in [-0.05, 0) is 75.7 Å². The summed E-state index contributed by atoms with van der Waals surface area (Å²) in [6.07, 6.45) is 4.18. The molecule has 2 saturated heterocycles. The smallest absolute Gasteiger partial charge is 0.238 e. The molecule has 0 saturated carbocycles. The van der Waals surface area contributed by atoms with Crippen molar-refractivity contribution >= 4 is 29.9 Å². The zero-order chi connectivity index (χ0) is 19.2. The fourth-order valence-electron chi connectivity index (χ4n) is 4.00. The molecule has 3 N–H and O–H groups in total. The minimum absolute atomic E-state index is 0. The number of nitrogens with one attached hydrogen (secondary N) is 3. The Morgan fingerprint density at radius 2 is 2.04 bits per heavy atom. The minimum atomic E-state index is -0.0203. The summed E-state index contributed by atoms with van der Waals surface area (Å²) in [6, 6.07) is 6.08. The predicted molar refractivity (Wildman–Crippen MR) is 115 cm³/mol. The van der Waals surface area contributed by atoms with Crippen LogP contribution in [0.25, 0.3) is 0 Å². The summed E-state index contributed by atoms with van der Waals surface area (Å²) in [4.78, 5) is 26.8. The van der Waals surface area contributed by atoms with Crippen LogP contribution in [-0.2, 0) is 9.59 Å². The molecular weight excluding hydrogens is 376 g/mol. The fraction of sp³-hybridized carbons (Fsp3) is 0.619. The molecule has 0 aliphatic carbocycles. The normalized spacial score (nSPS) is 22.4. The summed E-state index contributed by atoms with van der Waals surface area (Å²) in [7, 11) is 0. The van der Waals surface area contributed by atoms with Crippen LogP contribution in [0.5, 0.6) is 0 Å². The lowest BCUT2D eigenvalue weighted by Gasteiger charge is -2.32. The molecule has 2 fully saturated rings. The van der Waals surface area contributed by atoms with Crippen LogP contribution >= 0.6 is 12.4 Å². The molecule has 0 spiro atoms. The molecule has 3 rings (SSSR count). The second-order valence-corrected chi connectivity index (χ2v) is 8.00. The number of nitrogens with zero attached hydrogens (tertiary/aromatic N) is 1. The van der Waals surface area contributed by atoms with E-state index in [1.54, 1.807) is 0 Å². The molecule has 2 aliphatic heterocycles. The van der Waals surface area contributed by atoms with Crippen molar-refractivity contribution in [2.45, 2.75) is 45.6 Å². The standard InChI is InChI=1S/C21H32N4O2.ClH/c1-15-7-8-16(2)19(11-15)24-20(26)14-25-10-4-5-17(13-25)12-23-21(27)18-6-3-9-22-18;/h7-8,11,17-18,22H,3-6,9-10,12-14H2,1-2H3,(H,23,27)(H,24,26);1H. The van der Waals surface area contributed by atoms with Crippen LogP contribution in [0.4, 0.5) is 5.69 Å². The van der Waals surface area contributed by atoms with Gasteiger partial charge in [0.1, 0.15) is 0 Å². The molecule has 28 heavy (non-hydrogen) atoms. The highest BCUT2D eigenvalue weighted by molar-refractivity contribution is 5.93. The maximum Gasteiger partial charge on any atom is 0.238 e. The number of carbonyl (C=O) groups is 2. The van der Waals surface area contributed by atoms with Gasteiger partial charge in [-0.15, -0.1) is 12.4 Å². The van der Waals surface area contributed by atoms with Crippen molar-refractivity contribution < 1.29 is 9.59 Å². The van der Waals surface area contributed by atoms with E-state index in [9.17, 15) is 9.59 Å². The van der Waals surface area contributed by atoms with Crippen LogP contribution in [0.1, 0.15) is 36.8 Å².